The lowest BCUT2D eigenvalue weighted by atomic mass is 10.2. The van der Waals surface area contributed by atoms with Crippen molar-refractivity contribution < 1.29 is 4.79 Å². The molecule has 4 aromatic rings. The summed E-state index contributed by atoms with van der Waals surface area (Å²) in [6.45, 7) is 3.36. The van der Waals surface area contributed by atoms with Gasteiger partial charge >= 0.3 is 5.69 Å². The minimum absolute atomic E-state index is 0.208. The van der Waals surface area contributed by atoms with Crippen LogP contribution in [0.2, 0.25) is 5.02 Å². The summed E-state index contributed by atoms with van der Waals surface area (Å²) in [5.74, 6) is 0.328. The molecule has 1 amide bonds. The topological polar surface area (TPSA) is 84.5 Å². The standard InChI is InChI=1S/C22H21ClN6O2/c1-14-15(23)7-6-9-16(14)24-19(30)13-28-22(31)29-18-10-3-2-8-17(18)25-20(21(29)26-28)27-11-4-5-12-27/h2-3,6-10H,4-5,11-13H2,1H3,(H,24,30). The van der Waals surface area contributed by atoms with Crippen LogP contribution in [0, 0.1) is 6.92 Å². The van der Waals surface area contributed by atoms with E-state index in [0.29, 0.717) is 27.7 Å². The Kier molecular flexibility index (Phi) is 4.86. The molecule has 5 rings (SSSR count). The molecule has 1 saturated heterocycles. The first-order valence-corrected chi connectivity index (χ1v) is 10.6. The van der Waals surface area contributed by atoms with Crippen molar-refractivity contribution in [2.75, 3.05) is 23.3 Å². The van der Waals surface area contributed by atoms with Crippen LogP contribution in [0.1, 0.15) is 18.4 Å². The number of amides is 1. The zero-order valence-electron chi connectivity index (χ0n) is 17.0. The molecule has 0 atom stereocenters. The van der Waals surface area contributed by atoms with Crippen LogP contribution >= 0.6 is 11.6 Å². The van der Waals surface area contributed by atoms with Gasteiger partial charge in [0.1, 0.15) is 6.54 Å². The molecule has 0 bridgehead atoms. The molecule has 1 aliphatic heterocycles. The Morgan fingerprint density at radius 3 is 2.71 bits per heavy atom. The van der Waals surface area contributed by atoms with Crippen LogP contribution in [0.5, 0.6) is 0 Å². The van der Waals surface area contributed by atoms with E-state index in [1.165, 1.54) is 4.68 Å². The van der Waals surface area contributed by atoms with Gasteiger partial charge in [0.15, 0.2) is 5.82 Å². The van der Waals surface area contributed by atoms with Crippen molar-refractivity contribution in [1.82, 2.24) is 19.2 Å². The van der Waals surface area contributed by atoms with E-state index < -0.39 is 0 Å². The predicted molar refractivity (Wildman–Crippen MR) is 121 cm³/mol. The molecular weight excluding hydrogens is 416 g/mol. The van der Waals surface area contributed by atoms with Crippen LogP contribution in [0.4, 0.5) is 11.5 Å². The number of fused-ring (bicyclic) bond motifs is 3. The molecule has 0 radical (unpaired) electrons. The fraction of sp³-hybridized carbons (Fsp3) is 0.273. The summed E-state index contributed by atoms with van der Waals surface area (Å²) < 4.78 is 2.74. The van der Waals surface area contributed by atoms with Crippen LogP contribution in [0.25, 0.3) is 16.7 Å². The fourth-order valence-corrected chi connectivity index (χ4v) is 4.17. The van der Waals surface area contributed by atoms with E-state index in [2.05, 4.69) is 15.3 Å². The van der Waals surface area contributed by atoms with Crippen molar-refractivity contribution in [3.05, 3.63) is 63.5 Å². The van der Waals surface area contributed by atoms with Crippen molar-refractivity contribution in [3.8, 4) is 0 Å². The van der Waals surface area contributed by atoms with E-state index in [4.69, 9.17) is 16.6 Å². The van der Waals surface area contributed by atoms with Gasteiger partial charge in [-0.25, -0.2) is 18.9 Å². The highest BCUT2D eigenvalue weighted by Crippen LogP contribution is 2.26. The van der Waals surface area contributed by atoms with Gasteiger partial charge in [-0.15, -0.1) is 5.10 Å². The second-order valence-electron chi connectivity index (χ2n) is 7.68. The highest BCUT2D eigenvalue weighted by molar-refractivity contribution is 6.31. The number of para-hydroxylation sites is 2. The zero-order chi connectivity index (χ0) is 21.5. The molecule has 1 aliphatic rings. The summed E-state index contributed by atoms with van der Waals surface area (Å²) in [4.78, 5) is 32.9. The largest absolute Gasteiger partial charge is 0.353 e. The summed E-state index contributed by atoms with van der Waals surface area (Å²) in [5, 5.41) is 7.89. The lowest BCUT2D eigenvalue weighted by Crippen LogP contribution is -2.28. The van der Waals surface area contributed by atoms with Gasteiger partial charge in [-0.1, -0.05) is 29.8 Å². The van der Waals surface area contributed by atoms with Crippen molar-refractivity contribution >= 4 is 45.7 Å². The second-order valence-corrected chi connectivity index (χ2v) is 8.09. The number of carbonyl (C=O) groups is 1. The number of hydrogen-bond acceptors (Lipinski definition) is 5. The van der Waals surface area contributed by atoms with E-state index in [-0.39, 0.29) is 18.1 Å². The smallest absolute Gasteiger partial charge is 0.351 e. The minimum atomic E-state index is -0.369. The molecule has 0 saturated carbocycles. The number of hydrogen-bond donors (Lipinski definition) is 1. The predicted octanol–water partition coefficient (Wildman–Crippen LogP) is 3.24. The van der Waals surface area contributed by atoms with Gasteiger partial charge in [0.05, 0.1) is 11.0 Å². The van der Waals surface area contributed by atoms with Crippen molar-refractivity contribution in [3.63, 3.8) is 0 Å². The fourth-order valence-electron chi connectivity index (χ4n) is 3.99. The number of anilines is 2. The Balaban J connectivity index is 1.57. The molecule has 1 N–H and O–H groups in total. The third-order valence-electron chi connectivity index (χ3n) is 5.63. The second kappa shape index (κ2) is 7.70. The Hall–Kier alpha value is -3.39. The van der Waals surface area contributed by atoms with E-state index in [1.807, 2.05) is 31.2 Å². The maximum absolute atomic E-state index is 13.2. The number of rotatable bonds is 4. The maximum atomic E-state index is 13.2. The van der Waals surface area contributed by atoms with Gasteiger partial charge in [-0.05, 0) is 49.6 Å². The summed E-state index contributed by atoms with van der Waals surface area (Å²) in [6.07, 6.45) is 2.15. The average Bonchev–Trinajstić information content (AvgIpc) is 3.40. The molecule has 0 spiro atoms. The molecule has 2 aromatic carbocycles. The average molecular weight is 437 g/mol. The van der Waals surface area contributed by atoms with Gasteiger partial charge in [0.25, 0.3) is 0 Å². The normalized spacial score (nSPS) is 13.9. The van der Waals surface area contributed by atoms with Gasteiger partial charge in [0, 0.05) is 23.8 Å². The van der Waals surface area contributed by atoms with Crippen LogP contribution in [0.15, 0.2) is 47.3 Å². The summed E-state index contributed by atoms with van der Waals surface area (Å²) in [5.41, 5.74) is 2.87. The lowest BCUT2D eigenvalue weighted by Gasteiger charge is -2.17. The maximum Gasteiger partial charge on any atom is 0.351 e. The number of aromatic nitrogens is 4. The van der Waals surface area contributed by atoms with Gasteiger partial charge in [0.2, 0.25) is 11.6 Å². The molecule has 31 heavy (non-hydrogen) atoms. The van der Waals surface area contributed by atoms with E-state index in [9.17, 15) is 9.59 Å². The minimum Gasteiger partial charge on any atom is -0.353 e. The summed E-state index contributed by atoms with van der Waals surface area (Å²) >= 11 is 6.14. The number of benzene rings is 2. The van der Waals surface area contributed by atoms with E-state index >= 15 is 0 Å². The third-order valence-corrected chi connectivity index (χ3v) is 6.04. The van der Waals surface area contributed by atoms with Crippen LogP contribution in [-0.2, 0) is 11.3 Å². The SMILES string of the molecule is Cc1c(Cl)cccc1NC(=O)Cn1nc2c(N3CCCC3)nc3ccccc3n2c1=O. The molecule has 8 nitrogen and oxygen atoms in total. The van der Waals surface area contributed by atoms with Crippen molar-refractivity contribution in [2.24, 2.45) is 0 Å². The Bertz CT molecular complexity index is 1370. The highest BCUT2D eigenvalue weighted by atomic mass is 35.5. The Morgan fingerprint density at radius 1 is 1.13 bits per heavy atom. The van der Waals surface area contributed by atoms with Crippen molar-refractivity contribution in [2.45, 2.75) is 26.3 Å². The monoisotopic (exact) mass is 436 g/mol. The molecule has 158 valence electrons. The van der Waals surface area contributed by atoms with E-state index in [0.717, 1.165) is 37.0 Å². The first kappa shape index (κ1) is 19.6. The molecule has 9 heteroatoms. The van der Waals surface area contributed by atoms with Crippen LogP contribution in [-0.4, -0.2) is 38.2 Å². The van der Waals surface area contributed by atoms with Gasteiger partial charge in [-0.2, -0.15) is 0 Å². The molecule has 3 heterocycles. The first-order chi connectivity index (χ1) is 15.0. The highest BCUT2D eigenvalue weighted by Gasteiger charge is 2.23. The summed E-state index contributed by atoms with van der Waals surface area (Å²) in [6, 6.07) is 12.8. The quantitative estimate of drug-likeness (QED) is 0.531. The van der Waals surface area contributed by atoms with E-state index in [1.54, 1.807) is 22.6 Å². The van der Waals surface area contributed by atoms with Crippen LogP contribution in [0.3, 0.4) is 0 Å². The lowest BCUT2D eigenvalue weighted by molar-refractivity contribution is -0.117. The third kappa shape index (κ3) is 3.42. The number of nitrogens with zero attached hydrogens (tertiary/aromatic N) is 5. The molecule has 0 unspecified atom stereocenters. The Morgan fingerprint density at radius 2 is 1.90 bits per heavy atom. The molecular formula is C22H21ClN6O2. The molecule has 1 fully saturated rings. The van der Waals surface area contributed by atoms with Crippen LogP contribution < -0.4 is 15.9 Å². The number of carbonyl (C=O) groups excluding carboxylic acids is 1. The van der Waals surface area contributed by atoms with Gasteiger partial charge < -0.3 is 10.2 Å². The zero-order valence-corrected chi connectivity index (χ0v) is 17.8. The number of halogens is 1. The molecule has 2 aromatic heterocycles. The number of nitrogens with one attached hydrogen (secondary N) is 1. The molecule has 0 aliphatic carbocycles. The van der Waals surface area contributed by atoms with Gasteiger partial charge in [-0.3, -0.25) is 4.79 Å². The Labute approximate surface area is 183 Å². The van der Waals surface area contributed by atoms with Crippen molar-refractivity contribution in [1.29, 1.82) is 0 Å². The summed E-state index contributed by atoms with van der Waals surface area (Å²) in [7, 11) is 0. The first-order valence-electron chi connectivity index (χ1n) is 10.2.